The van der Waals surface area contributed by atoms with Crippen LogP contribution in [0.5, 0.6) is 5.75 Å². The number of likely N-dealkylation sites (N-methyl/N-ethyl adjacent to an activating group) is 1. The normalized spacial score (nSPS) is 20.7. The third-order valence-corrected chi connectivity index (χ3v) is 5.10. The number of piperazine rings is 1. The summed E-state index contributed by atoms with van der Waals surface area (Å²) < 4.78 is 11.2. The summed E-state index contributed by atoms with van der Waals surface area (Å²) in [6.45, 7) is 11.1. The summed E-state index contributed by atoms with van der Waals surface area (Å²) in [6.07, 6.45) is 0. The Kier molecular flexibility index (Phi) is 5.53. The Labute approximate surface area is 154 Å². The van der Waals surface area contributed by atoms with E-state index < -0.39 is 0 Å². The maximum Gasteiger partial charge on any atom is 0.342 e. The number of aromatic hydroxyl groups is 1. The van der Waals surface area contributed by atoms with Gasteiger partial charge in [0.2, 0.25) is 0 Å². The molecule has 2 aromatic rings. The first-order valence-corrected chi connectivity index (χ1v) is 9.42. The first-order chi connectivity index (χ1) is 12.4. The van der Waals surface area contributed by atoms with Gasteiger partial charge < -0.3 is 24.1 Å². The predicted molar refractivity (Wildman–Crippen MR) is 98.8 cm³/mol. The number of rotatable bonds is 5. The van der Waals surface area contributed by atoms with Crippen molar-refractivity contribution in [1.82, 2.24) is 0 Å². The molecule has 0 aliphatic carbocycles. The molecule has 1 aliphatic rings. The van der Waals surface area contributed by atoms with E-state index in [-0.39, 0.29) is 17.6 Å². The van der Waals surface area contributed by atoms with E-state index in [4.69, 9.17) is 9.15 Å². The number of furan rings is 1. The van der Waals surface area contributed by atoms with E-state index in [9.17, 15) is 9.90 Å². The maximum absolute atomic E-state index is 12.7. The molecule has 1 aromatic heterocycles. The fourth-order valence-corrected chi connectivity index (χ4v) is 3.56. The highest BCUT2D eigenvalue weighted by Gasteiger charge is 2.28. The fraction of sp³-hybridized carbons (Fsp3) is 0.550. The van der Waals surface area contributed by atoms with Crippen molar-refractivity contribution in [3.63, 3.8) is 0 Å². The summed E-state index contributed by atoms with van der Waals surface area (Å²) in [5.41, 5.74) is 1.86. The Hall–Kier alpha value is -2.05. The molecule has 142 valence electrons. The number of fused-ring (bicyclic) bond motifs is 1. The van der Waals surface area contributed by atoms with Crippen LogP contribution in [0.2, 0.25) is 0 Å². The zero-order chi connectivity index (χ0) is 18.8. The molecule has 1 aromatic carbocycles. The molecule has 0 bridgehead atoms. The Morgan fingerprint density at radius 2 is 1.96 bits per heavy atom. The van der Waals surface area contributed by atoms with Crippen LogP contribution in [-0.2, 0) is 11.3 Å². The van der Waals surface area contributed by atoms with Crippen molar-refractivity contribution in [1.29, 1.82) is 0 Å². The van der Waals surface area contributed by atoms with E-state index in [0.717, 1.165) is 31.7 Å². The number of hydrogen-bond donors (Lipinski definition) is 3. The van der Waals surface area contributed by atoms with Crippen molar-refractivity contribution in [2.75, 3.05) is 39.8 Å². The number of carbonyl (C=O) groups is 1. The van der Waals surface area contributed by atoms with Gasteiger partial charge in [0, 0.05) is 5.39 Å². The molecule has 3 N–H and O–H groups in total. The van der Waals surface area contributed by atoms with E-state index in [1.165, 1.54) is 9.80 Å². The number of phenols is 1. The van der Waals surface area contributed by atoms with Crippen LogP contribution in [0.1, 0.15) is 35.5 Å². The minimum atomic E-state index is -0.375. The molecule has 0 atom stereocenters. The van der Waals surface area contributed by atoms with Crippen molar-refractivity contribution in [2.24, 2.45) is 5.92 Å². The molecule has 0 amide bonds. The molecule has 1 saturated heterocycles. The first-order valence-electron chi connectivity index (χ1n) is 9.42. The van der Waals surface area contributed by atoms with Crippen LogP contribution < -0.4 is 9.80 Å². The molecule has 0 saturated carbocycles. The van der Waals surface area contributed by atoms with Gasteiger partial charge in [-0.05, 0) is 25.0 Å². The predicted octanol–water partition coefficient (Wildman–Crippen LogP) is 0.173. The zero-order valence-corrected chi connectivity index (χ0v) is 16.1. The van der Waals surface area contributed by atoms with Crippen LogP contribution in [0.4, 0.5) is 0 Å². The Morgan fingerprint density at radius 3 is 2.62 bits per heavy atom. The van der Waals surface area contributed by atoms with Crippen LogP contribution in [-0.4, -0.2) is 50.9 Å². The van der Waals surface area contributed by atoms with Crippen molar-refractivity contribution in [2.45, 2.75) is 27.3 Å². The van der Waals surface area contributed by atoms with E-state index >= 15 is 0 Å². The van der Waals surface area contributed by atoms with Gasteiger partial charge in [-0.25, -0.2) is 4.79 Å². The minimum absolute atomic E-state index is 0.218. The van der Waals surface area contributed by atoms with E-state index in [1.807, 2.05) is 13.8 Å². The Balaban J connectivity index is 1.96. The molecule has 6 heteroatoms. The highest BCUT2D eigenvalue weighted by molar-refractivity contribution is 6.06. The molecular weight excluding hydrogens is 332 g/mol. The highest BCUT2D eigenvalue weighted by Crippen LogP contribution is 2.34. The lowest BCUT2D eigenvalue weighted by molar-refractivity contribution is -1.01. The Morgan fingerprint density at radius 1 is 1.27 bits per heavy atom. The van der Waals surface area contributed by atoms with Gasteiger partial charge in [-0.2, -0.15) is 0 Å². The number of ether oxygens (including phenoxy) is 1. The largest absolute Gasteiger partial charge is 0.507 e. The number of nitrogens with one attached hydrogen (secondary N) is 2. The fourth-order valence-electron chi connectivity index (χ4n) is 3.56. The van der Waals surface area contributed by atoms with Crippen LogP contribution in [0.15, 0.2) is 16.5 Å². The van der Waals surface area contributed by atoms with E-state index in [1.54, 1.807) is 19.1 Å². The zero-order valence-electron chi connectivity index (χ0n) is 16.1. The van der Waals surface area contributed by atoms with Crippen LogP contribution in [0, 0.1) is 12.8 Å². The second-order valence-corrected chi connectivity index (χ2v) is 7.85. The SMILES string of the molecule is Cc1oc2ccc(O)c(C[NH+]3CC[NH+](C)CC3)c2c1C(=O)OCC(C)C. The van der Waals surface area contributed by atoms with E-state index in [2.05, 4.69) is 7.05 Å². The van der Waals surface area contributed by atoms with Gasteiger partial charge in [-0.1, -0.05) is 13.8 Å². The third kappa shape index (κ3) is 3.86. The summed E-state index contributed by atoms with van der Waals surface area (Å²) in [6, 6.07) is 3.38. The van der Waals surface area contributed by atoms with Gasteiger partial charge in [0.05, 0.1) is 19.2 Å². The molecule has 1 aliphatic heterocycles. The van der Waals surface area contributed by atoms with Crippen LogP contribution in [0.3, 0.4) is 0 Å². The number of hydrogen-bond acceptors (Lipinski definition) is 4. The van der Waals surface area contributed by atoms with Crippen molar-refractivity contribution in [3.8, 4) is 5.75 Å². The number of benzene rings is 1. The quantitative estimate of drug-likeness (QED) is 0.664. The lowest BCUT2D eigenvalue weighted by Gasteiger charge is -2.27. The van der Waals surface area contributed by atoms with Crippen molar-refractivity contribution >= 4 is 16.9 Å². The molecule has 0 unspecified atom stereocenters. The van der Waals surface area contributed by atoms with Gasteiger partial charge in [-0.3, -0.25) is 0 Å². The molecule has 2 heterocycles. The second kappa shape index (κ2) is 7.68. The smallest absolute Gasteiger partial charge is 0.342 e. The molecule has 0 spiro atoms. The summed E-state index contributed by atoms with van der Waals surface area (Å²) in [7, 11) is 2.21. The molecule has 0 radical (unpaired) electrons. The van der Waals surface area contributed by atoms with Crippen molar-refractivity contribution in [3.05, 3.63) is 29.0 Å². The van der Waals surface area contributed by atoms with Gasteiger partial charge in [-0.15, -0.1) is 0 Å². The lowest BCUT2D eigenvalue weighted by Crippen LogP contribution is -3.26. The van der Waals surface area contributed by atoms with Crippen molar-refractivity contribution < 1.29 is 28.9 Å². The highest BCUT2D eigenvalue weighted by atomic mass is 16.5. The van der Waals surface area contributed by atoms with E-state index in [0.29, 0.717) is 35.4 Å². The Bertz CT molecular complexity index is 789. The molecule has 3 rings (SSSR count). The average Bonchev–Trinajstić information content (AvgIpc) is 2.93. The topological polar surface area (TPSA) is 68.5 Å². The summed E-state index contributed by atoms with van der Waals surface area (Å²) in [4.78, 5) is 15.6. The lowest BCUT2D eigenvalue weighted by atomic mass is 10.0. The minimum Gasteiger partial charge on any atom is -0.507 e. The standard InChI is InChI=1S/C20H28N2O4/c1-13(2)12-25-20(24)18-14(3)26-17-6-5-16(23)15(19(17)18)11-22-9-7-21(4)8-10-22/h5-6,13,23H,7-12H2,1-4H3/p+2. The van der Waals surface area contributed by atoms with Crippen LogP contribution in [0.25, 0.3) is 11.0 Å². The number of esters is 1. The molecule has 6 nitrogen and oxygen atoms in total. The number of phenolic OH excluding ortho intramolecular Hbond substituents is 1. The summed E-state index contributed by atoms with van der Waals surface area (Å²) in [5, 5.41) is 11.2. The molecular formula is C20H30N2O4+2. The van der Waals surface area contributed by atoms with Gasteiger partial charge in [0.25, 0.3) is 0 Å². The maximum atomic E-state index is 12.7. The average molecular weight is 362 g/mol. The first kappa shape index (κ1) is 18.7. The summed E-state index contributed by atoms with van der Waals surface area (Å²) in [5.74, 6) is 0.649. The molecule has 26 heavy (non-hydrogen) atoms. The van der Waals surface area contributed by atoms with Gasteiger partial charge in [0.1, 0.15) is 55.4 Å². The van der Waals surface area contributed by atoms with Gasteiger partial charge in [0.15, 0.2) is 0 Å². The molecule has 1 fully saturated rings. The summed E-state index contributed by atoms with van der Waals surface area (Å²) >= 11 is 0. The van der Waals surface area contributed by atoms with Gasteiger partial charge >= 0.3 is 5.97 Å². The van der Waals surface area contributed by atoms with Crippen LogP contribution >= 0.6 is 0 Å². The third-order valence-electron chi connectivity index (χ3n) is 5.10. The number of quaternary nitrogens is 2. The monoisotopic (exact) mass is 362 g/mol. The number of aryl methyl sites for hydroxylation is 1. The second-order valence-electron chi connectivity index (χ2n) is 7.85. The number of carbonyl (C=O) groups excluding carboxylic acids is 1.